The molecule has 0 radical (unpaired) electrons. The summed E-state index contributed by atoms with van der Waals surface area (Å²) in [5.41, 5.74) is 0.685. The molecule has 0 saturated carbocycles. The third kappa shape index (κ3) is 4.29. The van der Waals surface area contributed by atoms with Crippen LogP contribution in [-0.4, -0.2) is 44.5 Å². The van der Waals surface area contributed by atoms with E-state index in [4.69, 9.17) is 0 Å². The Hall–Kier alpha value is -1.89. The van der Waals surface area contributed by atoms with Crippen LogP contribution in [0.4, 0.5) is 11.8 Å². The lowest BCUT2D eigenvalue weighted by Gasteiger charge is -2.15. The minimum Gasteiger partial charge on any atom is -0.391 e. The van der Waals surface area contributed by atoms with Crippen molar-refractivity contribution in [2.45, 2.75) is 39.7 Å². The normalized spacial score (nSPS) is 12.8. The molecule has 2 rings (SSSR count). The number of hydrogen-bond acceptors (Lipinski definition) is 6. The molecule has 0 aliphatic heterocycles. The number of fused-ring (bicyclic) bond motifs is 1. The number of nitrogens with one attached hydrogen (secondary N) is 3. The van der Waals surface area contributed by atoms with E-state index in [2.05, 4.69) is 51.6 Å². The Morgan fingerprint density at radius 1 is 1.29 bits per heavy atom. The average molecular weight is 292 g/mol. The van der Waals surface area contributed by atoms with Gasteiger partial charge in [0.15, 0.2) is 5.65 Å². The van der Waals surface area contributed by atoms with Gasteiger partial charge in [-0.25, -0.2) is 0 Å². The molecule has 0 aliphatic rings. The molecular formula is C14H24N6O. The van der Waals surface area contributed by atoms with Crippen LogP contribution in [0.3, 0.4) is 0 Å². The first kappa shape index (κ1) is 15.5. The quantitative estimate of drug-likeness (QED) is 0.594. The Morgan fingerprint density at radius 3 is 2.81 bits per heavy atom. The largest absolute Gasteiger partial charge is 0.391 e. The summed E-state index contributed by atoms with van der Waals surface area (Å²) < 4.78 is 0. The molecule has 1 unspecified atom stereocenters. The van der Waals surface area contributed by atoms with E-state index in [9.17, 15) is 5.11 Å². The first-order chi connectivity index (χ1) is 10.1. The van der Waals surface area contributed by atoms with Crippen LogP contribution < -0.4 is 10.6 Å². The second kappa shape index (κ2) is 7.21. The molecule has 0 aliphatic carbocycles. The molecule has 21 heavy (non-hydrogen) atoms. The van der Waals surface area contributed by atoms with Crippen molar-refractivity contribution < 1.29 is 5.11 Å². The first-order valence-electron chi connectivity index (χ1n) is 7.47. The number of aromatic nitrogens is 4. The van der Waals surface area contributed by atoms with Gasteiger partial charge in [0.1, 0.15) is 5.82 Å². The first-order valence-corrected chi connectivity index (χ1v) is 7.47. The highest BCUT2D eigenvalue weighted by Gasteiger charge is 2.12. The van der Waals surface area contributed by atoms with Gasteiger partial charge in [0, 0.05) is 13.1 Å². The smallest absolute Gasteiger partial charge is 0.226 e. The Balaban J connectivity index is 2.11. The summed E-state index contributed by atoms with van der Waals surface area (Å²) in [5.74, 6) is 1.72. The van der Waals surface area contributed by atoms with E-state index in [1.165, 1.54) is 0 Å². The lowest BCUT2D eigenvalue weighted by Crippen LogP contribution is -2.22. The summed E-state index contributed by atoms with van der Waals surface area (Å²) in [5, 5.41) is 24.0. The molecule has 4 N–H and O–H groups in total. The van der Waals surface area contributed by atoms with E-state index in [0.29, 0.717) is 29.9 Å². The fraction of sp³-hybridized carbons (Fsp3) is 0.643. The molecule has 2 aromatic rings. The number of aromatic amines is 1. The van der Waals surface area contributed by atoms with Gasteiger partial charge in [0.05, 0.1) is 17.7 Å². The standard InChI is InChI=1S/C14H24N6O/c1-4-5-15-14-18-12(11-8-17-20-13(11)19-14)16-7-10(21)6-9(2)3/h8-10,21H,4-7H2,1-3H3,(H3,15,16,17,18,19,20). The molecule has 2 heterocycles. The van der Waals surface area contributed by atoms with E-state index < -0.39 is 6.10 Å². The maximum Gasteiger partial charge on any atom is 0.226 e. The number of anilines is 2. The zero-order chi connectivity index (χ0) is 15.2. The maximum absolute atomic E-state index is 9.97. The number of aliphatic hydroxyl groups is 1. The van der Waals surface area contributed by atoms with Gasteiger partial charge in [-0.05, 0) is 18.8 Å². The van der Waals surface area contributed by atoms with Gasteiger partial charge >= 0.3 is 0 Å². The van der Waals surface area contributed by atoms with Crippen molar-refractivity contribution in [2.24, 2.45) is 5.92 Å². The summed E-state index contributed by atoms with van der Waals surface area (Å²) in [4.78, 5) is 8.82. The van der Waals surface area contributed by atoms with Crippen LogP contribution in [0.25, 0.3) is 11.0 Å². The molecule has 0 saturated heterocycles. The molecule has 0 spiro atoms. The molecule has 7 heteroatoms. The number of H-pyrrole nitrogens is 1. The molecule has 0 amide bonds. The Kier molecular flexibility index (Phi) is 5.32. The predicted octanol–water partition coefficient (Wildman–Crippen LogP) is 1.99. The van der Waals surface area contributed by atoms with Crippen molar-refractivity contribution in [2.75, 3.05) is 23.7 Å². The molecule has 116 valence electrons. The zero-order valence-electron chi connectivity index (χ0n) is 12.8. The molecule has 0 aromatic carbocycles. The van der Waals surface area contributed by atoms with Crippen LogP contribution in [0, 0.1) is 5.92 Å². The Morgan fingerprint density at radius 2 is 2.10 bits per heavy atom. The zero-order valence-corrected chi connectivity index (χ0v) is 12.8. The van der Waals surface area contributed by atoms with Gasteiger partial charge < -0.3 is 15.7 Å². The van der Waals surface area contributed by atoms with Crippen molar-refractivity contribution >= 4 is 22.8 Å². The van der Waals surface area contributed by atoms with Gasteiger partial charge in [-0.3, -0.25) is 5.10 Å². The summed E-state index contributed by atoms with van der Waals surface area (Å²) in [6.07, 6.45) is 3.05. The van der Waals surface area contributed by atoms with Crippen molar-refractivity contribution in [3.05, 3.63) is 6.20 Å². The number of aliphatic hydroxyl groups excluding tert-OH is 1. The van der Waals surface area contributed by atoms with Crippen molar-refractivity contribution in [1.29, 1.82) is 0 Å². The van der Waals surface area contributed by atoms with E-state index in [1.54, 1.807) is 6.20 Å². The second-order valence-electron chi connectivity index (χ2n) is 5.62. The Labute approximate surface area is 124 Å². The number of rotatable bonds is 8. The molecule has 0 bridgehead atoms. The second-order valence-corrected chi connectivity index (χ2v) is 5.62. The van der Waals surface area contributed by atoms with E-state index >= 15 is 0 Å². The number of nitrogens with zero attached hydrogens (tertiary/aromatic N) is 3. The Bertz CT molecular complexity index is 568. The van der Waals surface area contributed by atoms with Crippen molar-refractivity contribution in [1.82, 2.24) is 20.2 Å². The lowest BCUT2D eigenvalue weighted by atomic mass is 10.1. The van der Waals surface area contributed by atoms with Crippen LogP contribution >= 0.6 is 0 Å². The fourth-order valence-corrected chi connectivity index (χ4v) is 2.13. The van der Waals surface area contributed by atoms with E-state index in [1.807, 2.05) is 0 Å². The van der Waals surface area contributed by atoms with Gasteiger partial charge in [0.2, 0.25) is 5.95 Å². The van der Waals surface area contributed by atoms with Crippen LogP contribution in [0.5, 0.6) is 0 Å². The van der Waals surface area contributed by atoms with E-state index in [-0.39, 0.29) is 0 Å². The topological polar surface area (TPSA) is 98.8 Å². The van der Waals surface area contributed by atoms with Crippen LogP contribution in [0.15, 0.2) is 6.20 Å². The predicted molar refractivity (Wildman–Crippen MR) is 84.4 cm³/mol. The van der Waals surface area contributed by atoms with Gasteiger partial charge in [-0.1, -0.05) is 20.8 Å². The van der Waals surface area contributed by atoms with Gasteiger partial charge in [-0.2, -0.15) is 15.1 Å². The highest BCUT2D eigenvalue weighted by molar-refractivity contribution is 5.86. The van der Waals surface area contributed by atoms with Crippen LogP contribution in [0.2, 0.25) is 0 Å². The average Bonchev–Trinajstić information content (AvgIpc) is 2.90. The third-order valence-corrected chi connectivity index (χ3v) is 3.09. The minimum atomic E-state index is -0.394. The molecule has 7 nitrogen and oxygen atoms in total. The van der Waals surface area contributed by atoms with Crippen molar-refractivity contribution in [3.63, 3.8) is 0 Å². The molecule has 1 atom stereocenters. The molecular weight excluding hydrogens is 268 g/mol. The number of hydrogen-bond donors (Lipinski definition) is 4. The highest BCUT2D eigenvalue weighted by atomic mass is 16.3. The van der Waals surface area contributed by atoms with Crippen LogP contribution in [-0.2, 0) is 0 Å². The summed E-state index contributed by atoms with van der Waals surface area (Å²) in [7, 11) is 0. The fourth-order valence-electron chi connectivity index (χ4n) is 2.13. The summed E-state index contributed by atoms with van der Waals surface area (Å²) >= 11 is 0. The van der Waals surface area contributed by atoms with Crippen LogP contribution in [0.1, 0.15) is 33.6 Å². The molecule has 0 fully saturated rings. The van der Waals surface area contributed by atoms with Gasteiger partial charge in [0.25, 0.3) is 0 Å². The minimum absolute atomic E-state index is 0.394. The molecule has 2 aromatic heterocycles. The highest BCUT2D eigenvalue weighted by Crippen LogP contribution is 2.20. The third-order valence-electron chi connectivity index (χ3n) is 3.09. The maximum atomic E-state index is 9.97. The summed E-state index contributed by atoms with van der Waals surface area (Å²) in [6, 6.07) is 0. The van der Waals surface area contributed by atoms with Crippen molar-refractivity contribution in [3.8, 4) is 0 Å². The van der Waals surface area contributed by atoms with Gasteiger partial charge in [-0.15, -0.1) is 0 Å². The SMILES string of the molecule is CCCNc1nc(NCC(O)CC(C)C)c2cn[nH]c2n1. The monoisotopic (exact) mass is 292 g/mol. The van der Waals surface area contributed by atoms with E-state index in [0.717, 1.165) is 24.8 Å². The lowest BCUT2D eigenvalue weighted by molar-refractivity contribution is 0.161. The summed E-state index contributed by atoms with van der Waals surface area (Å²) in [6.45, 7) is 7.55.